The molecule has 2 aromatic rings. The van der Waals surface area contributed by atoms with Crippen LogP contribution in [0.15, 0.2) is 48.5 Å². The van der Waals surface area contributed by atoms with Gasteiger partial charge < -0.3 is 24.6 Å². The van der Waals surface area contributed by atoms with Gasteiger partial charge in [-0.25, -0.2) is 0 Å². The van der Waals surface area contributed by atoms with Crippen molar-refractivity contribution >= 4 is 23.2 Å². The number of likely N-dealkylation sites (N-methyl/N-ethyl adjacent to an activating group) is 1. The monoisotopic (exact) mass is 466 g/mol. The first-order valence-corrected chi connectivity index (χ1v) is 12.0. The molecule has 0 spiro atoms. The van der Waals surface area contributed by atoms with Crippen LogP contribution in [0.1, 0.15) is 22.8 Å². The number of carbonyl (C=O) groups is 2. The highest BCUT2D eigenvalue weighted by atomic mass is 16.5. The van der Waals surface area contributed by atoms with E-state index in [1.807, 2.05) is 55.5 Å². The van der Waals surface area contributed by atoms with Crippen LogP contribution in [0, 0.1) is 0 Å². The maximum absolute atomic E-state index is 13.1. The molecule has 2 fully saturated rings. The third-order valence-electron chi connectivity index (χ3n) is 6.21. The fourth-order valence-corrected chi connectivity index (χ4v) is 4.28. The standard InChI is InChI=1S/C26H34N4O4/c1-2-29(26(32)22-5-3-4-21(18-22)19-28-10-14-33-15-11-28)20-25(31)27-23-6-8-24(9-7-23)30-12-16-34-17-13-30/h3-9,18H,2,10-17,19-20H2,1H3,(H,27,31). The Morgan fingerprint density at radius 1 is 0.941 bits per heavy atom. The van der Waals surface area contributed by atoms with Gasteiger partial charge in [-0.3, -0.25) is 14.5 Å². The van der Waals surface area contributed by atoms with E-state index in [9.17, 15) is 9.59 Å². The maximum atomic E-state index is 13.1. The summed E-state index contributed by atoms with van der Waals surface area (Å²) in [6, 6.07) is 15.5. The average Bonchev–Trinajstić information content (AvgIpc) is 2.88. The van der Waals surface area contributed by atoms with E-state index in [1.165, 1.54) is 0 Å². The van der Waals surface area contributed by atoms with Crippen molar-refractivity contribution in [1.82, 2.24) is 9.80 Å². The van der Waals surface area contributed by atoms with E-state index in [0.29, 0.717) is 12.1 Å². The first-order valence-electron chi connectivity index (χ1n) is 12.0. The smallest absolute Gasteiger partial charge is 0.254 e. The first kappa shape index (κ1) is 24.2. The topological polar surface area (TPSA) is 74.4 Å². The number of nitrogens with one attached hydrogen (secondary N) is 1. The van der Waals surface area contributed by atoms with Crippen LogP contribution in [0.25, 0.3) is 0 Å². The maximum Gasteiger partial charge on any atom is 0.254 e. The van der Waals surface area contributed by atoms with Crippen molar-refractivity contribution in [3.63, 3.8) is 0 Å². The minimum Gasteiger partial charge on any atom is -0.379 e. The first-order chi connectivity index (χ1) is 16.6. The molecule has 34 heavy (non-hydrogen) atoms. The molecule has 0 atom stereocenters. The van der Waals surface area contributed by atoms with E-state index in [-0.39, 0.29) is 18.4 Å². The molecule has 2 amide bonds. The van der Waals surface area contributed by atoms with Crippen LogP contribution in [0.4, 0.5) is 11.4 Å². The second kappa shape index (κ2) is 12.0. The normalized spacial score (nSPS) is 16.8. The number of rotatable bonds is 8. The largest absolute Gasteiger partial charge is 0.379 e. The number of anilines is 2. The van der Waals surface area contributed by atoms with Gasteiger partial charge in [0.15, 0.2) is 0 Å². The summed E-state index contributed by atoms with van der Waals surface area (Å²) in [7, 11) is 0. The van der Waals surface area contributed by atoms with E-state index in [1.54, 1.807) is 4.90 Å². The molecule has 1 N–H and O–H groups in total. The molecule has 4 rings (SSSR count). The van der Waals surface area contributed by atoms with Gasteiger partial charge in [-0.05, 0) is 48.9 Å². The second-order valence-electron chi connectivity index (χ2n) is 8.60. The molecule has 2 saturated heterocycles. The Labute approximate surface area is 201 Å². The molecule has 0 bridgehead atoms. The van der Waals surface area contributed by atoms with Gasteiger partial charge >= 0.3 is 0 Å². The zero-order valence-corrected chi connectivity index (χ0v) is 19.9. The van der Waals surface area contributed by atoms with Crippen LogP contribution >= 0.6 is 0 Å². The molecular weight excluding hydrogens is 432 g/mol. The molecule has 8 heteroatoms. The molecule has 2 aromatic carbocycles. The van der Waals surface area contributed by atoms with Gasteiger partial charge in [-0.1, -0.05) is 12.1 Å². The number of carbonyl (C=O) groups excluding carboxylic acids is 2. The number of benzene rings is 2. The van der Waals surface area contributed by atoms with Crippen molar-refractivity contribution in [2.75, 3.05) is 75.9 Å². The fourth-order valence-electron chi connectivity index (χ4n) is 4.28. The van der Waals surface area contributed by atoms with Gasteiger partial charge in [0.25, 0.3) is 5.91 Å². The average molecular weight is 467 g/mol. The van der Waals surface area contributed by atoms with Crippen molar-refractivity contribution in [2.45, 2.75) is 13.5 Å². The summed E-state index contributed by atoms with van der Waals surface area (Å²) >= 11 is 0. The minimum atomic E-state index is -0.209. The van der Waals surface area contributed by atoms with Gasteiger partial charge in [0.2, 0.25) is 5.91 Å². The van der Waals surface area contributed by atoms with Crippen molar-refractivity contribution in [3.05, 3.63) is 59.7 Å². The van der Waals surface area contributed by atoms with Crippen LogP contribution in [0.2, 0.25) is 0 Å². The van der Waals surface area contributed by atoms with Gasteiger partial charge in [-0.15, -0.1) is 0 Å². The third kappa shape index (κ3) is 6.56. The highest BCUT2D eigenvalue weighted by Gasteiger charge is 2.19. The molecule has 0 aromatic heterocycles. The Bertz CT molecular complexity index is 954. The number of morpholine rings is 2. The van der Waals surface area contributed by atoms with Gasteiger partial charge in [-0.2, -0.15) is 0 Å². The van der Waals surface area contributed by atoms with Crippen LogP contribution < -0.4 is 10.2 Å². The summed E-state index contributed by atoms with van der Waals surface area (Å²) in [5.74, 6) is -0.345. The summed E-state index contributed by atoms with van der Waals surface area (Å²) in [6.45, 7) is 9.62. The van der Waals surface area contributed by atoms with Crippen LogP contribution in [-0.2, 0) is 20.8 Å². The zero-order valence-electron chi connectivity index (χ0n) is 19.9. The molecule has 2 aliphatic rings. The summed E-state index contributed by atoms with van der Waals surface area (Å²) in [5, 5.41) is 2.91. The molecule has 0 radical (unpaired) electrons. The summed E-state index contributed by atoms with van der Waals surface area (Å²) in [4.78, 5) is 32.0. The number of nitrogens with zero attached hydrogens (tertiary/aromatic N) is 3. The summed E-state index contributed by atoms with van der Waals surface area (Å²) in [6.07, 6.45) is 0. The SMILES string of the molecule is CCN(CC(=O)Nc1ccc(N2CCOCC2)cc1)C(=O)c1cccc(CN2CCOCC2)c1. The van der Waals surface area contributed by atoms with E-state index in [0.717, 1.165) is 76.1 Å². The van der Waals surface area contributed by atoms with Crippen molar-refractivity contribution in [3.8, 4) is 0 Å². The van der Waals surface area contributed by atoms with Crippen molar-refractivity contribution in [1.29, 1.82) is 0 Å². The molecule has 0 unspecified atom stereocenters. The van der Waals surface area contributed by atoms with E-state index < -0.39 is 0 Å². The van der Waals surface area contributed by atoms with Crippen LogP contribution in [-0.4, -0.2) is 87.3 Å². The number of amides is 2. The third-order valence-corrected chi connectivity index (χ3v) is 6.21. The molecule has 2 heterocycles. The van der Waals surface area contributed by atoms with Crippen molar-refractivity contribution in [2.24, 2.45) is 0 Å². The minimum absolute atomic E-state index is 0.00817. The Morgan fingerprint density at radius 3 is 2.29 bits per heavy atom. The molecule has 182 valence electrons. The predicted octanol–water partition coefficient (Wildman–Crippen LogP) is 2.46. The Balaban J connectivity index is 1.32. The van der Waals surface area contributed by atoms with E-state index in [4.69, 9.17) is 9.47 Å². The lowest BCUT2D eigenvalue weighted by atomic mass is 10.1. The van der Waals surface area contributed by atoms with Gasteiger partial charge in [0, 0.05) is 56.2 Å². The summed E-state index contributed by atoms with van der Waals surface area (Å²) < 4.78 is 10.8. The Morgan fingerprint density at radius 2 is 1.62 bits per heavy atom. The highest BCUT2D eigenvalue weighted by molar-refractivity contribution is 5.99. The second-order valence-corrected chi connectivity index (χ2v) is 8.60. The number of hydrogen-bond donors (Lipinski definition) is 1. The predicted molar refractivity (Wildman–Crippen MR) is 132 cm³/mol. The lowest BCUT2D eigenvalue weighted by Crippen LogP contribution is -2.38. The molecule has 8 nitrogen and oxygen atoms in total. The summed E-state index contributed by atoms with van der Waals surface area (Å²) in [5.41, 5.74) is 3.53. The van der Waals surface area contributed by atoms with Gasteiger partial charge in [0.1, 0.15) is 6.54 Å². The van der Waals surface area contributed by atoms with E-state index >= 15 is 0 Å². The molecule has 2 aliphatic heterocycles. The fraction of sp³-hybridized carbons (Fsp3) is 0.462. The Kier molecular flexibility index (Phi) is 8.51. The van der Waals surface area contributed by atoms with Crippen LogP contribution in [0.3, 0.4) is 0 Å². The zero-order chi connectivity index (χ0) is 23.8. The van der Waals surface area contributed by atoms with E-state index in [2.05, 4.69) is 15.1 Å². The molecule has 0 aliphatic carbocycles. The highest BCUT2D eigenvalue weighted by Crippen LogP contribution is 2.19. The quantitative estimate of drug-likeness (QED) is 0.644. The Hall–Kier alpha value is -2.94. The van der Waals surface area contributed by atoms with Gasteiger partial charge in [0.05, 0.1) is 26.4 Å². The number of hydrogen-bond acceptors (Lipinski definition) is 6. The lowest BCUT2D eigenvalue weighted by molar-refractivity contribution is -0.116. The molecular formula is C26H34N4O4. The number of ether oxygens (including phenoxy) is 2. The lowest BCUT2D eigenvalue weighted by Gasteiger charge is -2.29. The van der Waals surface area contributed by atoms with Crippen molar-refractivity contribution < 1.29 is 19.1 Å². The van der Waals surface area contributed by atoms with Crippen LogP contribution in [0.5, 0.6) is 0 Å². The molecule has 0 saturated carbocycles.